The van der Waals surface area contributed by atoms with E-state index in [1.54, 1.807) is 30.6 Å². The Morgan fingerprint density at radius 2 is 1.90 bits per heavy atom. The van der Waals surface area contributed by atoms with E-state index >= 15 is 0 Å². The Kier molecular flexibility index (Phi) is 3.57. The topological polar surface area (TPSA) is 88.0 Å². The van der Waals surface area contributed by atoms with E-state index in [4.69, 9.17) is 5.11 Å². The Hall–Kier alpha value is -2.80. The van der Waals surface area contributed by atoms with E-state index in [0.717, 1.165) is 16.4 Å². The summed E-state index contributed by atoms with van der Waals surface area (Å²) < 4.78 is 0. The molecule has 2 aromatic heterocycles. The number of anilines is 2. The highest BCUT2D eigenvalue weighted by Crippen LogP contribution is 2.21. The lowest BCUT2D eigenvalue weighted by molar-refractivity contribution is 0.0697. The third-order valence-corrected chi connectivity index (χ3v) is 3.49. The van der Waals surface area contributed by atoms with E-state index in [0.29, 0.717) is 5.95 Å². The Morgan fingerprint density at radius 3 is 2.57 bits per heavy atom. The van der Waals surface area contributed by atoms with Gasteiger partial charge in [0.05, 0.1) is 5.56 Å². The van der Waals surface area contributed by atoms with E-state index < -0.39 is 5.97 Å². The Morgan fingerprint density at radius 1 is 1.10 bits per heavy atom. The zero-order valence-corrected chi connectivity index (χ0v) is 11.5. The maximum Gasteiger partial charge on any atom is 0.335 e. The molecule has 7 heteroatoms. The monoisotopic (exact) mass is 298 g/mol. The third kappa shape index (κ3) is 3.03. The van der Waals surface area contributed by atoms with Gasteiger partial charge in [-0.15, -0.1) is 11.3 Å². The van der Waals surface area contributed by atoms with Crippen LogP contribution in [0.5, 0.6) is 0 Å². The predicted octanol–water partition coefficient (Wildman–Crippen LogP) is 3.04. The van der Waals surface area contributed by atoms with Gasteiger partial charge in [0.1, 0.15) is 10.7 Å². The molecule has 0 aliphatic carbocycles. The first-order chi connectivity index (χ1) is 10.2. The first-order valence-corrected chi connectivity index (χ1v) is 6.93. The molecule has 0 radical (unpaired) electrons. The highest BCUT2D eigenvalue weighted by Gasteiger charge is 2.06. The summed E-state index contributed by atoms with van der Waals surface area (Å²) in [5, 5.41) is 14.6. The van der Waals surface area contributed by atoms with E-state index in [1.165, 1.54) is 23.5 Å². The lowest BCUT2D eigenvalue weighted by Crippen LogP contribution is -1.99. The lowest BCUT2D eigenvalue weighted by Gasteiger charge is -2.05. The quantitative estimate of drug-likeness (QED) is 0.769. The van der Waals surface area contributed by atoms with Crippen LogP contribution in [-0.4, -0.2) is 26.0 Å². The van der Waals surface area contributed by atoms with Crippen LogP contribution in [0.2, 0.25) is 0 Å². The first kappa shape index (κ1) is 13.2. The van der Waals surface area contributed by atoms with Gasteiger partial charge in [-0.3, -0.25) is 0 Å². The van der Waals surface area contributed by atoms with Gasteiger partial charge in [-0.1, -0.05) is 0 Å². The van der Waals surface area contributed by atoms with E-state index in [1.807, 2.05) is 5.38 Å². The van der Waals surface area contributed by atoms with Crippen molar-refractivity contribution in [3.63, 3.8) is 0 Å². The molecule has 3 rings (SSSR count). The fraction of sp³-hybridized carbons (Fsp3) is 0. The average molecular weight is 298 g/mol. The minimum atomic E-state index is -0.955. The molecule has 104 valence electrons. The number of thiazole rings is 1. The van der Waals surface area contributed by atoms with Crippen molar-refractivity contribution >= 4 is 28.9 Å². The normalized spacial score (nSPS) is 10.3. The average Bonchev–Trinajstić information content (AvgIpc) is 3.02. The summed E-state index contributed by atoms with van der Waals surface area (Å²) >= 11 is 1.50. The number of carboxylic acids is 1. The van der Waals surface area contributed by atoms with Gasteiger partial charge >= 0.3 is 5.97 Å². The van der Waals surface area contributed by atoms with Crippen LogP contribution in [-0.2, 0) is 0 Å². The zero-order chi connectivity index (χ0) is 14.7. The molecule has 0 bridgehead atoms. The summed E-state index contributed by atoms with van der Waals surface area (Å²) in [6.45, 7) is 0. The van der Waals surface area contributed by atoms with Crippen LogP contribution >= 0.6 is 11.3 Å². The fourth-order valence-electron chi connectivity index (χ4n) is 1.71. The number of aromatic nitrogens is 3. The molecular weight excluding hydrogens is 288 g/mol. The molecule has 3 aromatic rings. The van der Waals surface area contributed by atoms with Crippen LogP contribution in [0.3, 0.4) is 0 Å². The van der Waals surface area contributed by atoms with Crippen molar-refractivity contribution in [2.75, 3.05) is 5.32 Å². The van der Waals surface area contributed by atoms with Crippen molar-refractivity contribution < 1.29 is 9.90 Å². The number of aromatic carboxylic acids is 1. The van der Waals surface area contributed by atoms with E-state index in [9.17, 15) is 4.79 Å². The lowest BCUT2D eigenvalue weighted by atomic mass is 10.2. The van der Waals surface area contributed by atoms with Crippen LogP contribution in [0.1, 0.15) is 10.4 Å². The van der Waals surface area contributed by atoms with Gasteiger partial charge in [0.25, 0.3) is 0 Å². The number of hydrogen-bond acceptors (Lipinski definition) is 6. The maximum absolute atomic E-state index is 10.8. The molecule has 2 N–H and O–H groups in total. The van der Waals surface area contributed by atoms with Crippen LogP contribution in [0, 0.1) is 0 Å². The van der Waals surface area contributed by atoms with Crippen molar-refractivity contribution in [3.8, 4) is 10.7 Å². The Bertz CT molecular complexity index is 757. The molecule has 0 aliphatic rings. The predicted molar refractivity (Wildman–Crippen MR) is 79.8 cm³/mol. The highest BCUT2D eigenvalue weighted by molar-refractivity contribution is 7.13. The van der Waals surface area contributed by atoms with Crippen LogP contribution in [0.25, 0.3) is 10.7 Å². The van der Waals surface area contributed by atoms with Crippen LogP contribution in [0.4, 0.5) is 11.6 Å². The number of nitrogens with one attached hydrogen (secondary N) is 1. The summed E-state index contributed by atoms with van der Waals surface area (Å²) in [5.74, 6) is -0.519. The van der Waals surface area contributed by atoms with Crippen molar-refractivity contribution in [2.24, 2.45) is 0 Å². The van der Waals surface area contributed by atoms with Crippen LogP contribution < -0.4 is 5.32 Å². The SMILES string of the molecule is O=C(O)c1ccc(Nc2nccc(-c3nccs3)n2)cc1. The summed E-state index contributed by atoms with van der Waals surface area (Å²) in [4.78, 5) is 23.5. The van der Waals surface area contributed by atoms with Gasteiger partial charge in [0, 0.05) is 23.5 Å². The molecule has 0 atom stereocenters. The van der Waals surface area contributed by atoms with Gasteiger partial charge in [-0.2, -0.15) is 0 Å². The number of nitrogens with zero attached hydrogens (tertiary/aromatic N) is 3. The molecular formula is C14H10N4O2S. The summed E-state index contributed by atoms with van der Waals surface area (Å²) in [6.07, 6.45) is 3.37. The molecule has 0 spiro atoms. The van der Waals surface area contributed by atoms with Crippen molar-refractivity contribution in [1.82, 2.24) is 15.0 Å². The van der Waals surface area contributed by atoms with Crippen molar-refractivity contribution in [2.45, 2.75) is 0 Å². The van der Waals surface area contributed by atoms with Gasteiger partial charge in [-0.05, 0) is 30.3 Å². The first-order valence-electron chi connectivity index (χ1n) is 6.06. The second kappa shape index (κ2) is 5.68. The minimum Gasteiger partial charge on any atom is -0.478 e. The van der Waals surface area contributed by atoms with Gasteiger partial charge in [-0.25, -0.2) is 19.7 Å². The Balaban J connectivity index is 1.81. The molecule has 0 fully saturated rings. The molecule has 0 saturated heterocycles. The molecule has 0 saturated carbocycles. The third-order valence-electron chi connectivity index (χ3n) is 2.70. The molecule has 0 amide bonds. The number of hydrogen-bond donors (Lipinski definition) is 2. The maximum atomic E-state index is 10.8. The molecule has 0 unspecified atom stereocenters. The molecule has 1 aromatic carbocycles. The van der Waals surface area contributed by atoms with Gasteiger partial charge in [0.2, 0.25) is 5.95 Å². The van der Waals surface area contributed by atoms with Gasteiger partial charge in [0.15, 0.2) is 0 Å². The largest absolute Gasteiger partial charge is 0.478 e. The fourth-order valence-corrected chi connectivity index (χ4v) is 2.32. The summed E-state index contributed by atoms with van der Waals surface area (Å²) in [5.41, 5.74) is 1.69. The van der Waals surface area contributed by atoms with Gasteiger partial charge < -0.3 is 10.4 Å². The second-order valence-corrected chi connectivity index (χ2v) is 5.00. The van der Waals surface area contributed by atoms with E-state index in [-0.39, 0.29) is 5.56 Å². The molecule has 21 heavy (non-hydrogen) atoms. The highest BCUT2D eigenvalue weighted by atomic mass is 32.1. The summed E-state index contributed by atoms with van der Waals surface area (Å²) in [6, 6.07) is 8.17. The molecule has 6 nitrogen and oxygen atoms in total. The number of benzene rings is 1. The number of carboxylic acid groups (broad SMARTS) is 1. The van der Waals surface area contributed by atoms with E-state index in [2.05, 4.69) is 20.3 Å². The number of rotatable bonds is 4. The number of carbonyl (C=O) groups is 1. The standard InChI is InChI=1S/C14H10N4O2S/c19-13(20)9-1-3-10(4-2-9)17-14-16-6-5-11(18-14)12-15-7-8-21-12/h1-8H,(H,19,20)(H,16,17,18). The van der Waals surface area contributed by atoms with Crippen molar-refractivity contribution in [3.05, 3.63) is 53.7 Å². The summed E-state index contributed by atoms with van der Waals surface area (Å²) in [7, 11) is 0. The smallest absolute Gasteiger partial charge is 0.335 e. The Labute approximate surface area is 124 Å². The second-order valence-electron chi connectivity index (χ2n) is 4.11. The van der Waals surface area contributed by atoms with Crippen molar-refractivity contribution in [1.29, 1.82) is 0 Å². The zero-order valence-electron chi connectivity index (χ0n) is 10.7. The van der Waals surface area contributed by atoms with Crippen LogP contribution in [0.15, 0.2) is 48.1 Å². The molecule has 2 heterocycles. The molecule has 0 aliphatic heterocycles. The minimum absolute atomic E-state index is 0.234.